The van der Waals surface area contributed by atoms with E-state index in [1.165, 1.54) is 25.1 Å². The van der Waals surface area contributed by atoms with E-state index in [4.69, 9.17) is 25.9 Å². The van der Waals surface area contributed by atoms with Crippen LogP contribution >= 0.6 is 11.6 Å². The van der Waals surface area contributed by atoms with E-state index < -0.39 is 29.6 Å². The minimum absolute atomic E-state index is 0.0438. The smallest absolute Gasteiger partial charge is 0.416 e. The molecule has 5 nitrogen and oxygen atoms in total. The van der Waals surface area contributed by atoms with Gasteiger partial charge < -0.3 is 14.3 Å². The molecule has 0 saturated heterocycles. The number of fused-ring (bicyclic) bond motifs is 1. The van der Waals surface area contributed by atoms with E-state index in [1.807, 2.05) is 0 Å². The van der Waals surface area contributed by atoms with Gasteiger partial charge in [0, 0.05) is 6.07 Å². The fourth-order valence-corrected chi connectivity index (χ4v) is 3.04. The van der Waals surface area contributed by atoms with Gasteiger partial charge in [0.15, 0.2) is 11.0 Å². The van der Waals surface area contributed by atoms with Crippen molar-refractivity contribution in [3.63, 3.8) is 0 Å². The highest BCUT2D eigenvalue weighted by atomic mass is 35.5. The molecule has 9 heteroatoms. The lowest BCUT2D eigenvalue weighted by Crippen LogP contribution is -2.11. The van der Waals surface area contributed by atoms with Crippen LogP contribution in [0.5, 0.6) is 5.75 Å². The van der Waals surface area contributed by atoms with Crippen molar-refractivity contribution < 1.29 is 32.2 Å². The van der Waals surface area contributed by atoms with Gasteiger partial charge in [-0.05, 0) is 36.8 Å². The van der Waals surface area contributed by atoms with Crippen LogP contribution in [0.3, 0.4) is 0 Å². The van der Waals surface area contributed by atoms with E-state index >= 15 is 0 Å². The Morgan fingerprint density at radius 3 is 2.62 bits per heavy atom. The number of aliphatic carboxylic acids is 1. The second-order valence-electron chi connectivity index (χ2n) is 6.24. The van der Waals surface area contributed by atoms with Crippen molar-refractivity contribution in [1.82, 2.24) is 0 Å². The molecule has 1 heterocycles. The predicted octanol–water partition coefficient (Wildman–Crippen LogP) is 5.29. The van der Waals surface area contributed by atoms with Gasteiger partial charge in [-0.1, -0.05) is 17.7 Å². The van der Waals surface area contributed by atoms with Gasteiger partial charge in [0.1, 0.15) is 11.5 Å². The monoisotopic (exact) mass is 426 g/mol. The first-order valence-corrected chi connectivity index (χ1v) is 8.75. The van der Waals surface area contributed by atoms with Crippen molar-refractivity contribution >= 4 is 28.5 Å². The number of carbonyl (C=O) groups is 1. The van der Waals surface area contributed by atoms with Crippen LogP contribution in [-0.2, 0) is 11.0 Å². The molecular weight excluding hydrogens is 413 g/mol. The third-order valence-electron chi connectivity index (χ3n) is 4.18. The van der Waals surface area contributed by atoms with Crippen molar-refractivity contribution in [3.05, 3.63) is 62.8 Å². The van der Waals surface area contributed by atoms with Crippen molar-refractivity contribution in [1.29, 1.82) is 0 Å². The van der Waals surface area contributed by atoms with Gasteiger partial charge in [0.2, 0.25) is 0 Å². The third-order valence-corrected chi connectivity index (χ3v) is 4.48. The van der Waals surface area contributed by atoms with E-state index in [0.29, 0.717) is 0 Å². The molecule has 29 heavy (non-hydrogen) atoms. The van der Waals surface area contributed by atoms with Crippen LogP contribution in [0.25, 0.3) is 22.3 Å². The summed E-state index contributed by atoms with van der Waals surface area (Å²) < 4.78 is 50.9. The van der Waals surface area contributed by atoms with E-state index in [1.54, 1.807) is 6.07 Å². The lowest BCUT2D eigenvalue weighted by atomic mass is 10.0. The van der Waals surface area contributed by atoms with E-state index in [9.17, 15) is 22.8 Å². The van der Waals surface area contributed by atoms with Crippen LogP contribution in [0.1, 0.15) is 17.5 Å². The number of para-hydroxylation sites is 1. The molecule has 0 atom stereocenters. The molecule has 0 aliphatic rings. The highest BCUT2D eigenvalue weighted by molar-refractivity contribution is 6.34. The summed E-state index contributed by atoms with van der Waals surface area (Å²) in [6, 6.07) is 7.68. The molecule has 0 bridgehead atoms. The molecule has 2 aromatic carbocycles. The quantitative estimate of drug-likeness (QED) is 0.599. The molecule has 0 amide bonds. The Hall–Kier alpha value is -3.00. The first-order valence-electron chi connectivity index (χ1n) is 8.37. The van der Waals surface area contributed by atoms with Gasteiger partial charge >= 0.3 is 12.1 Å². The minimum Gasteiger partial charge on any atom is -0.492 e. The van der Waals surface area contributed by atoms with Gasteiger partial charge in [-0.25, -0.2) is 0 Å². The Morgan fingerprint density at radius 2 is 1.97 bits per heavy atom. The predicted molar refractivity (Wildman–Crippen MR) is 100 cm³/mol. The van der Waals surface area contributed by atoms with E-state index in [-0.39, 0.29) is 45.2 Å². The van der Waals surface area contributed by atoms with Crippen molar-refractivity contribution in [3.8, 4) is 17.1 Å². The standard InChI is InChI=1S/C20H14ClF3O5/c1-10-7-12(16(28-6-5-18(26)27)8-13(10)20(22,23)24)17-9-15(25)11-3-2-4-14(21)19(11)29-17/h2-4,7-9H,5-6H2,1H3,(H,26,27). The Labute approximate surface area is 167 Å². The summed E-state index contributed by atoms with van der Waals surface area (Å²) in [5, 5.41) is 9.14. The number of carboxylic acids is 1. The van der Waals surface area contributed by atoms with Crippen LogP contribution in [0, 0.1) is 6.92 Å². The number of alkyl halides is 3. The number of benzene rings is 2. The highest BCUT2D eigenvalue weighted by Crippen LogP contribution is 2.40. The molecule has 1 aromatic heterocycles. The molecule has 0 unspecified atom stereocenters. The number of carboxylic acid groups (broad SMARTS) is 1. The maximum atomic E-state index is 13.3. The fraction of sp³-hybridized carbons (Fsp3) is 0.200. The van der Waals surface area contributed by atoms with Crippen molar-refractivity contribution in [2.75, 3.05) is 6.61 Å². The van der Waals surface area contributed by atoms with Gasteiger partial charge in [-0.2, -0.15) is 13.2 Å². The molecule has 152 valence electrons. The lowest BCUT2D eigenvalue weighted by molar-refractivity contribution is -0.139. The summed E-state index contributed by atoms with van der Waals surface area (Å²) in [4.78, 5) is 23.2. The first kappa shape index (κ1) is 20.7. The summed E-state index contributed by atoms with van der Waals surface area (Å²) in [6.07, 6.45) is -5.05. The lowest BCUT2D eigenvalue weighted by Gasteiger charge is -2.17. The number of rotatable bonds is 5. The molecular formula is C20H14ClF3O5. The molecule has 0 saturated carbocycles. The molecule has 0 spiro atoms. The Bertz CT molecular complexity index is 1150. The Kier molecular flexibility index (Phi) is 5.57. The largest absolute Gasteiger partial charge is 0.492 e. The Balaban J connectivity index is 2.20. The van der Waals surface area contributed by atoms with Crippen LogP contribution < -0.4 is 10.2 Å². The number of ether oxygens (including phenoxy) is 1. The number of hydrogen-bond acceptors (Lipinski definition) is 4. The number of halogens is 4. The maximum absolute atomic E-state index is 13.3. The molecule has 0 fully saturated rings. The van der Waals surface area contributed by atoms with Crippen LogP contribution in [0.15, 0.2) is 45.6 Å². The molecule has 3 rings (SSSR count). The molecule has 0 radical (unpaired) electrons. The summed E-state index contributed by atoms with van der Waals surface area (Å²) in [5.41, 5.74) is -1.31. The zero-order chi connectivity index (χ0) is 21.3. The normalized spacial score (nSPS) is 11.6. The highest BCUT2D eigenvalue weighted by Gasteiger charge is 2.34. The van der Waals surface area contributed by atoms with Gasteiger partial charge in [0.25, 0.3) is 0 Å². The van der Waals surface area contributed by atoms with Crippen LogP contribution in [0.2, 0.25) is 5.02 Å². The minimum atomic E-state index is -4.64. The fourth-order valence-electron chi connectivity index (χ4n) is 2.83. The SMILES string of the molecule is Cc1cc(-c2cc(=O)c3cccc(Cl)c3o2)c(OCCC(=O)O)cc1C(F)(F)F. The van der Waals surface area contributed by atoms with Crippen molar-refractivity contribution in [2.24, 2.45) is 0 Å². The average Bonchev–Trinajstić information content (AvgIpc) is 2.62. The topological polar surface area (TPSA) is 76.7 Å². The summed E-state index contributed by atoms with van der Waals surface area (Å²) >= 11 is 6.09. The molecule has 3 aromatic rings. The van der Waals surface area contributed by atoms with Crippen LogP contribution in [-0.4, -0.2) is 17.7 Å². The molecule has 0 aliphatic heterocycles. The average molecular weight is 427 g/mol. The molecule has 1 N–H and O–H groups in total. The van der Waals surface area contributed by atoms with Gasteiger partial charge in [0.05, 0.1) is 34.6 Å². The van der Waals surface area contributed by atoms with Gasteiger partial charge in [-0.15, -0.1) is 0 Å². The zero-order valence-corrected chi connectivity index (χ0v) is 15.7. The van der Waals surface area contributed by atoms with Gasteiger partial charge in [-0.3, -0.25) is 9.59 Å². The van der Waals surface area contributed by atoms with Crippen molar-refractivity contribution in [2.45, 2.75) is 19.5 Å². The second kappa shape index (κ2) is 7.79. The summed E-state index contributed by atoms with van der Waals surface area (Å²) in [7, 11) is 0. The zero-order valence-electron chi connectivity index (χ0n) is 15.0. The second-order valence-corrected chi connectivity index (χ2v) is 6.65. The maximum Gasteiger partial charge on any atom is 0.416 e. The Morgan fingerprint density at radius 1 is 1.24 bits per heavy atom. The number of aryl methyl sites for hydroxylation is 1. The van der Waals surface area contributed by atoms with E-state index in [0.717, 1.165) is 12.1 Å². The first-order chi connectivity index (χ1) is 13.6. The molecule has 0 aliphatic carbocycles. The summed E-state index contributed by atoms with van der Waals surface area (Å²) in [5.74, 6) is -1.46. The third kappa shape index (κ3) is 4.37. The number of hydrogen-bond donors (Lipinski definition) is 1. The summed E-state index contributed by atoms with van der Waals surface area (Å²) in [6.45, 7) is 0.904. The van der Waals surface area contributed by atoms with E-state index in [2.05, 4.69) is 0 Å². The van der Waals surface area contributed by atoms with Crippen LogP contribution in [0.4, 0.5) is 13.2 Å².